The molecular weight excluding hydrogens is 358 g/mol. The first-order valence-electron chi connectivity index (χ1n) is 9.85. The van der Waals surface area contributed by atoms with Crippen LogP contribution in [0.25, 0.3) is 5.69 Å². The van der Waals surface area contributed by atoms with Gasteiger partial charge in [0, 0.05) is 22.8 Å². The van der Waals surface area contributed by atoms with Gasteiger partial charge in [-0.3, -0.25) is 9.00 Å². The highest BCUT2D eigenvalue weighted by molar-refractivity contribution is 7.83. The summed E-state index contributed by atoms with van der Waals surface area (Å²) in [5.74, 6) is 2.38. The molecule has 0 bridgehead atoms. The van der Waals surface area contributed by atoms with E-state index in [9.17, 15) is 9.00 Å². The van der Waals surface area contributed by atoms with E-state index in [0.29, 0.717) is 29.7 Å². The second-order valence-electron chi connectivity index (χ2n) is 7.87. The number of benzene rings is 1. The number of hydrogen-bond donors (Lipinski definition) is 1. The van der Waals surface area contributed by atoms with Crippen molar-refractivity contribution in [3.63, 3.8) is 0 Å². The van der Waals surface area contributed by atoms with Gasteiger partial charge in [0.2, 0.25) is 5.91 Å². The molecule has 2 heterocycles. The van der Waals surface area contributed by atoms with Crippen LogP contribution < -0.4 is 5.32 Å². The molecule has 1 saturated carbocycles. The van der Waals surface area contributed by atoms with Crippen LogP contribution in [0, 0.1) is 19.8 Å². The summed E-state index contributed by atoms with van der Waals surface area (Å²) in [6, 6.07) is 6.11. The van der Waals surface area contributed by atoms with Crippen LogP contribution in [-0.2, 0) is 27.1 Å². The van der Waals surface area contributed by atoms with Crippen LogP contribution in [0.1, 0.15) is 60.9 Å². The summed E-state index contributed by atoms with van der Waals surface area (Å²) < 4.78 is 13.9. The Morgan fingerprint density at radius 1 is 1.26 bits per heavy atom. The first-order chi connectivity index (χ1) is 13.0. The average molecular weight is 386 g/mol. The molecule has 1 N–H and O–H groups in total. The molecule has 1 amide bonds. The van der Waals surface area contributed by atoms with E-state index < -0.39 is 10.8 Å². The fourth-order valence-electron chi connectivity index (χ4n) is 4.22. The first kappa shape index (κ1) is 18.4. The molecule has 144 valence electrons. The van der Waals surface area contributed by atoms with E-state index in [0.717, 1.165) is 28.9 Å². The van der Waals surface area contributed by atoms with Crippen molar-refractivity contribution < 1.29 is 9.00 Å². The SMILES string of the molecule is Cc1cccc(-n2nc3c(c2NC(=O)CCC2CCCC2)C[S@@](=O)C3)c1C. The minimum Gasteiger partial charge on any atom is -0.310 e. The standard InChI is InChI=1S/C21H27N3O2S/c1-14-6-5-9-19(15(14)2)24-21(17-12-27(26)13-18(17)23-24)22-20(25)11-10-16-7-3-4-8-16/h5-6,9,16H,3-4,7-8,10-13H2,1-2H3,(H,22,25)/t27-/m1/s1. The Morgan fingerprint density at radius 3 is 2.81 bits per heavy atom. The molecule has 0 spiro atoms. The van der Waals surface area contributed by atoms with Crippen LogP contribution in [-0.4, -0.2) is 19.9 Å². The lowest BCUT2D eigenvalue weighted by molar-refractivity contribution is -0.116. The Balaban J connectivity index is 1.61. The van der Waals surface area contributed by atoms with E-state index in [1.54, 1.807) is 0 Å². The number of aromatic nitrogens is 2. The first-order valence-corrected chi connectivity index (χ1v) is 11.3. The van der Waals surface area contributed by atoms with Crippen LogP contribution >= 0.6 is 0 Å². The number of fused-ring (bicyclic) bond motifs is 1. The van der Waals surface area contributed by atoms with Crippen molar-refractivity contribution in [2.45, 2.75) is 63.9 Å². The van der Waals surface area contributed by atoms with Gasteiger partial charge in [-0.25, -0.2) is 4.68 Å². The minimum absolute atomic E-state index is 0.0360. The molecule has 4 rings (SSSR count). The molecule has 1 aromatic carbocycles. The number of rotatable bonds is 5. The van der Waals surface area contributed by atoms with Gasteiger partial charge in [0.05, 0.1) is 22.9 Å². The van der Waals surface area contributed by atoms with E-state index in [2.05, 4.69) is 25.2 Å². The summed E-state index contributed by atoms with van der Waals surface area (Å²) in [6.07, 6.45) is 6.60. The number of anilines is 1. The minimum atomic E-state index is -0.921. The molecule has 2 aromatic rings. The van der Waals surface area contributed by atoms with E-state index in [-0.39, 0.29) is 5.91 Å². The van der Waals surface area contributed by atoms with Gasteiger partial charge in [-0.05, 0) is 43.4 Å². The number of carbonyl (C=O) groups excluding carboxylic acids is 1. The van der Waals surface area contributed by atoms with Crippen LogP contribution in [0.5, 0.6) is 0 Å². The van der Waals surface area contributed by atoms with Crippen molar-refractivity contribution in [1.29, 1.82) is 0 Å². The molecule has 27 heavy (non-hydrogen) atoms. The number of nitrogens with one attached hydrogen (secondary N) is 1. The topological polar surface area (TPSA) is 64.0 Å². The van der Waals surface area contributed by atoms with Crippen LogP contribution in [0.15, 0.2) is 18.2 Å². The largest absolute Gasteiger partial charge is 0.310 e. The highest BCUT2D eigenvalue weighted by Gasteiger charge is 2.29. The molecule has 2 aliphatic rings. The lowest BCUT2D eigenvalue weighted by atomic mass is 10.0. The lowest BCUT2D eigenvalue weighted by Gasteiger charge is -2.15. The van der Waals surface area contributed by atoms with E-state index >= 15 is 0 Å². The fourth-order valence-corrected chi connectivity index (χ4v) is 5.49. The van der Waals surface area contributed by atoms with Gasteiger partial charge in [0.1, 0.15) is 5.82 Å². The lowest BCUT2D eigenvalue weighted by Crippen LogP contribution is -2.17. The third kappa shape index (κ3) is 3.72. The quantitative estimate of drug-likeness (QED) is 0.840. The van der Waals surface area contributed by atoms with Crippen molar-refractivity contribution in [3.8, 4) is 5.69 Å². The highest BCUT2D eigenvalue weighted by Crippen LogP contribution is 2.33. The Hall–Kier alpha value is -1.95. The smallest absolute Gasteiger partial charge is 0.225 e. The molecule has 5 nitrogen and oxygen atoms in total. The van der Waals surface area contributed by atoms with Gasteiger partial charge in [-0.2, -0.15) is 5.10 Å². The zero-order chi connectivity index (χ0) is 19.0. The van der Waals surface area contributed by atoms with Gasteiger partial charge < -0.3 is 5.32 Å². The van der Waals surface area contributed by atoms with Gasteiger partial charge in [0.25, 0.3) is 0 Å². The van der Waals surface area contributed by atoms with Crippen molar-refractivity contribution in [3.05, 3.63) is 40.6 Å². The van der Waals surface area contributed by atoms with Gasteiger partial charge >= 0.3 is 0 Å². The number of aryl methyl sites for hydroxylation is 1. The van der Waals surface area contributed by atoms with Crippen LogP contribution in [0.2, 0.25) is 0 Å². The number of hydrogen-bond acceptors (Lipinski definition) is 3. The molecule has 1 aromatic heterocycles. The third-order valence-electron chi connectivity index (χ3n) is 5.99. The number of amides is 1. The molecule has 0 unspecified atom stereocenters. The van der Waals surface area contributed by atoms with Crippen molar-refractivity contribution in [2.24, 2.45) is 5.92 Å². The Labute approximate surface area is 163 Å². The Morgan fingerprint density at radius 2 is 2.04 bits per heavy atom. The molecule has 1 aliphatic carbocycles. The zero-order valence-corrected chi connectivity index (χ0v) is 16.9. The maximum atomic E-state index is 12.7. The molecular formula is C21H27N3O2S. The fraction of sp³-hybridized carbons (Fsp3) is 0.524. The van der Waals surface area contributed by atoms with Gasteiger partial charge in [-0.15, -0.1) is 0 Å². The summed E-state index contributed by atoms with van der Waals surface area (Å²) in [6.45, 7) is 4.15. The predicted molar refractivity (Wildman–Crippen MR) is 108 cm³/mol. The average Bonchev–Trinajstić information content (AvgIpc) is 3.34. The monoisotopic (exact) mass is 385 g/mol. The maximum Gasteiger partial charge on any atom is 0.225 e. The molecule has 6 heteroatoms. The summed E-state index contributed by atoms with van der Waals surface area (Å²) in [5.41, 5.74) is 5.08. The van der Waals surface area contributed by atoms with Crippen LogP contribution in [0.4, 0.5) is 5.82 Å². The summed E-state index contributed by atoms with van der Waals surface area (Å²) in [5, 5.41) is 7.82. The van der Waals surface area contributed by atoms with Crippen molar-refractivity contribution >= 4 is 22.5 Å². The number of carbonyl (C=O) groups is 1. The van der Waals surface area contributed by atoms with E-state index in [4.69, 9.17) is 5.10 Å². The Kier molecular flexibility index (Phi) is 5.17. The highest BCUT2D eigenvalue weighted by atomic mass is 32.2. The Bertz CT molecular complexity index is 897. The summed E-state index contributed by atoms with van der Waals surface area (Å²) in [4.78, 5) is 12.7. The van der Waals surface area contributed by atoms with Gasteiger partial charge in [0.15, 0.2) is 0 Å². The second-order valence-corrected chi connectivity index (χ2v) is 9.33. The second kappa shape index (κ2) is 7.58. The van der Waals surface area contributed by atoms with Gasteiger partial charge in [-0.1, -0.05) is 37.8 Å². The summed E-state index contributed by atoms with van der Waals surface area (Å²) >= 11 is 0. The molecule has 1 fully saturated rings. The van der Waals surface area contributed by atoms with Crippen molar-refractivity contribution in [1.82, 2.24) is 9.78 Å². The molecule has 1 aliphatic heterocycles. The predicted octanol–water partition coefficient (Wildman–Crippen LogP) is 4.16. The maximum absolute atomic E-state index is 12.7. The van der Waals surface area contributed by atoms with Crippen LogP contribution in [0.3, 0.4) is 0 Å². The van der Waals surface area contributed by atoms with E-state index in [1.165, 1.54) is 31.2 Å². The third-order valence-corrected chi connectivity index (χ3v) is 7.19. The molecule has 0 radical (unpaired) electrons. The normalized spacial score (nSPS) is 19.4. The van der Waals surface area contributed by atoms with Crippen molar-refractivity contribution in [2.75, 3.05) is 5.32 Å². The zero-order valence-electron chi connectivity index (χ0n) is 16.1. The van der Waals surface area contributed by atoms with E-state index in [1.807, 2.05) is 16.8 Å². The molecule has 1 atom stereocenters. The summed E-state index contributed by atoms with van der Waals surface area (Å²) in [7, 11) is -0.921. The number of nitrogens with zero attached hydrogens (tertiary/aromatic N) is 2. The molecule has 0 saturated heterocycles.